The normalized spacial score (nSPS) is 12.0. The van der Waals surface area contributed by atoms with Crippen LogP contribution in [0.5, 0.6) is 0 Å². The van der Waals surface area contributed by atoms with Crippen LogP contribution in [-0.2, 0) is 4.79 Å². The highest BCUT2D eigenvalue weighted by molar-refractivity contribution is 8.02. The Kier molecular flexibility index (Phi) is 6.44. The molecule has 0 unspecified atom stereocenters. The van der Waals surface area contributed by atoms with E-state index in [1.807, 2.05) is 6.92 Å². The average Bonchev–Trinajstić information content (AvgIpc) is 3.00. The standard InChI is InChI=1S/C14H15F3N4OS2/c1-3-6-18-13-20-21-14(24-13)23-7(2)12(22)19-9-5-4-8(15)10(16)11(9)17/h4-5,7H,3,6H2,1-2H3,(H,18,20)(H,19,22)/t7-/m0/s1. The summed E-state index contributed by atoms with van der Waals surface area (Å²) in [7, 11) is 0. The third-order valence-electron chi connectivity index (χ3n) is 2.87. The Bertz CT molecular complexity index is 726. The summed E-state index contributed by atoms with van der Waals surface area (Å²) in [4.78, 5) is 12.1. The van der Waals surface area contributed by atoms with Gasteiger partial charge in [0, 0.05) is 6.54 Å². The lowest BCUT2D eigenvalue weighted by atomic mass is 10.2. The summed E-state index contributed by atoms with van der Waals surface area (Å²) >= 11 is 2.44. The lowest BCUT2D eigenvalue weighted by Gasteiger charge is -2.11. The summed E-state index contributed by atoms with van der Waals surface area (Å²) in [5, 5.41) is 13.2. The van der Waals surface area contributed by atoms with Crippen LogP contribution in [0.25, 0.3) is 0 Å². The number of nitrogens with zero attached hydrogens (tertiary/aromatic N) is 2. The number of carbonyl (C=O) groups excluding carboxylic acids is 1. The van der Waals surface area contributed by atoms with Crippen molar-refractivity contribution in [3.8, 4) is 0 Å². The molecule has 0 saturated heterocycles. The summed E-state index contributed by atoms with van der Waals surface area (Å²) in [6.45, 7) is 4.39. The Balaban J connectivity index is 1.97. The minimum absolute atomic E-state index is 0.408. The Hall–Kier alpha value is -1.81. The number of benzene rings is 1. The van der Waals surface area contributed by atoms with Gasteiger partial charge in [-0.25, -0.2) is 13.2 Å². The summed E-state index contributed by atoms with van der Waals surface area (Å²) < 4.78 is 40.2. The molecule has 0 fully saturated rings. The van der Waals surface area contributed by atoms with Crippen molar-refractivity contribution in [2.45, 2.75) is 29.9 Å². The van der Waals surface area contributed by atoms with Crippen molar-refractivity contribution in [3.05, 3.63) is 29.6 Å². The molecule has 1 aromatic heterocycles. The van der Waals surface area contributed by atoms with Gasteiger partial charge in [-0.1, -0.05) is 30.0 Å². The molecule has 2 aromatic rings. The van der Waals surface area contributed by atoms with E-state index in [-0.39, 0.29) is 0 Å². The molecular formula is C14H15F3N4OS2. The van der Waals surface area contributed by atoms with E-state index in [9.17, 15) is 18.0 Å². The molecule has 0 aliphatic heterocycles. The van der Waals surface area contributed by atoms with Crippen molar-refractivity contribution >= 4 is 39.8 Å². The number of amides is 1. The second-order valence-corrected chi connectivity index (χ2v) is 7.34. The number of anilines is 2. The smallest absolute Gasteiger partial charge is 0.237 e. The quantitative estimate of drug-likeness (QED) is 0.567. The third-order valence-corrected chi connectivity index (χ3v) is 4.94. The second-order valence-electron chi connectivity index (χ2n) is 4.77. The molecule has 0 aliphatic carbocycles. The molecule has 0 saturated carbocycles. The van der Waals surface area contributed by atoms with E-state index in [1.165, 1.54) is 11.3 Å². The number of aromatic nitrogens is 2. The fraction of sp³-hybridized carbons (Fsp3) is 0.357. The van der Waals surface area contributed by atoms with E-state index in [2.05, 4.69) is 20.8 Å². The summed E-state index contributed by atoms with van der Waals surface area (Å²) in [5.41, 5.74) is -0.408. The average molecular weight is 376 g/mol. The minimum Gasteiger partial charge on any atom is -0.360 e. The van der Waals surface area contributed by atoms with Crippen LogP contribution >= 0.6 is 23.1 Å². The number of nitrogens with one attached hydrogen (secondary N) is 2. The highest BCUT2D eigenvalue weighted by atomic mass is 32.2. The SMILES string of the molecule is CCCNc1nnc(S[C@@H](C)C(=O)Nc2ccc(F)c(F)c2F)s1. The number of thioether (sulfide) groups is 1. The third kappa shape index (κ3) is 4.60. The lowest BCUT2D eigenvalue weighted by molar-refractivity contribution is -0.115. The van der Waals surface area contributed by atoms with Crippen molar-refractivity contribution in [1.29, 1.82) is 0 Å². The van der Waals surface area contributed by atoms with Gasteiger partial charge in [0.2, 0.25) is 11.0 Å². The fourth-order valence-electron chi connectivity index (χ4n) is 1.62. The highest BCUT2D eigenvalue weighted by Gasteiger charge is 2.20. The number of hydrogen-bond acceptors (Lipinski definition) is 6. The molecular weight excluding hydrogens is 361 g/mol. The van der Waals surface area contributed by atoms with Crippen LogP contribution in [0.3, 0.4) is 0 Å². The van der Waals surface area contributed by atoms with E-state index in [0.29, 0.717) is 9.47 Å². The summed E-state index contributed by atoms with van der Waals surface area (Å²) in [5.74, 6) is -4.91. The van der Waals surface area contributed by atoms with Gasteiger partial charge in [-0.15, -0.1) is 10.2 Å². The molecule has 1 aromatic carbocycles. The molecule has 1 atom stereocenters. The molecule has 1 amide bonds. The molecule has 5 nitrogen and oxygen atoms in total. The van der Waals surface area contributed by atoms with Crippen molar-refractivity contribution in [3.63, 3.8) is 0 Å². The van der Waals surface area contributed by atoms with E-state index in [0.717, 1.165) is 36.9 Å². The van der Waals surface area contributed by atoms with Crippen LogP contribution in [0, 0.1) is 17.5 Å². The maximum absolute atomic E-state index is 13.6. The van der Waals surface area contributed by atoms with Gasteiger partial charge in [-0.2, -0.15) is 0 Å². The first-order valence-corrected chi connectivity index (χ1v) is 8.80. The van der Waals surface area contributed by atoms with Crippen molar-refractivity contribution < 1.29 is 18.0 Å². The van der Waals surface area contributed by atoms with Gasteiger partial charge in [-0.3, -0.25) is 4.79 Å². The maximum atomic E-state index is 13.6. The Morgan fingerprint density at radius 1 is 1.29 bits per heavy atom. The minimum atomic E-state index is -1.62. The van der Waals surface area contributed by atoms with Gasteiger partial charge >= 0.3 is 0 Å². The molecule has 0 radical (unpaired) electrons. The molecule has 0 aliphatic rings. The monoisotopic (exact) mass is 376 g/mol. The molecule has 2 N–H and O–H groups in total. The van der Waals surface area contributed by atoms with Gasteiger partial charge in [0.1, 0.15) is 0 Å². The Labute approximate surface area is 145 Å². The number of carbonyl (C=O) groups is 1. The zero-order valence-electron chi connectivity index (χ0n) is 12.9. The molecule has 0 spiro atoms. The summed E-state index contributed by atoms with van der Waals surface area (Å²) in [6.07, 6.45) is 0.945. The second kappa shape index (κ2) is 8.34. The van der Waals surface area contributed by atoms with Crippen LogP contribution in [0.1, 0.15) is 20.3 Å². The number of rotatable bonds is 7. The first-order chi connectivity index (χ1) is 11.4. The van der Waals surface area contributed by atoms with E-state index < -0.39 is 34.3 Å². The topological polar surface area (TPSA) is 66.9 Å². The molecule has 24 heavy (non-hydrogen) atoms. The van der Waals surface area contributed by atoms with Crippen molar-refractivity contribution in [2.24, 2.45) is 0 Å². The molecule has 130 valence electrons. The predicted octanol–water partition coefficient (Wildman–Crippen LogP) is 3.90. The number of halogens is 3. The van der Waals surface area contributed by atoms with Crippen LogP contribution in [0.2, 0.25) is 0 Å². The van der Waals surface area contributed by atoms with Gasteiger partial charge in [0.15, 0.2) is 21.8 Å². The number of hydrogen-bond donors (Lipinski definition) is 2. The van der Waals surface area contributed by atoms with E-state index in [4.69, 9.17) is 0 Å². The predicted molar refractivity (Wildman–Crippen MR) is 89.0 cm³/mol. The van der Waals surface area contributed by atoms with Gasteiger partial charge in [0.25, 0.3) is 0 Å². The van der Waals surface area contributed by atoms with Crippen LogP contribution in [0.15, 0.2) is 16.5 Å². The highest BCUT2D eigenvalue weighted by Crippen LogP contribution is 2.29. The van der Waals surface area contributed by atoms with Gasteiger partial charge in [0.05, 0.1) is 10.9 Å². The first-order valence-electron chi connectivity index (χ1n) is 7.10. The van der Waals surface area contributed by atoms with E-state index >= 15 is 0 Å². The van der Waals surface area contributed by atoms with Crippen molar-refractivity contribution in [1.82, 2.24) is 10.2 Å². The fourth-order valence-corrected chi connectivity index (χ4v) is 3.54. The van der Waals surface area contributed by atoms with E-state index in [1.54, 1.807) is 6.92 Å². The van der Waals surface area contributed by atoms with Gasteiger partial charge in [-0.05, 0) is 25.5 Å². The molecule has 10 heteroatoms. The van der Waals surface area contributed by atoms with Crippen LogP contribution < -0.4 is 10.6 Å². The molecule has 2 rings (SSSR count). The van der Waals surface area contributed by atoms with Crippen molar-refractivity contribution in [2.75, 3.05) is 17.2 Å². The molecule has 0 bridgehead atoms. The Morgan fingerprint density at radius 2 is 2.04 bits per heavy atom. The van der Waals surface area contributed by atoms with Crippen LogP contribution in [0.4, 0.5) is 24.0 Å². The maximum Gasteiger partial charge on any atom is 0.237 e. The van der Waals surface area contributed by atoms with Gasteiger partial charge < -0.3 is 10.6 Å². The largest absolute Gasteiger partial charge is 0.360 e. The summed E-state index contributed by atoms with van der Waals surface area (Å²) in [6, 6.07) is 1.73. The molecule has 1 heterocycles. The first kappa shape index (κ1) is 18.5. The van der Waals surface area contributed by atoms with Crippen LogP contribution in [-0.4, -0.2) is 27.9 Å². The Morgan fingerprint density at radius 3 is 2.75 bits per heavy atom. The lowest BCUT2D eigenvalue weighted by Crippen LogP contribution is -2.23. The zero-order valence-corrected chi connectivity index (χ0v) is 14.5. The zero-order chi connectivity index (χ0) is 17.7.